The van der Waals surface area contributed by atoms with Gasteiger partial charge in [-0.25, -0.2) is 9.98 Å². The molecule has 0 unspecified atom stereocenters. The summed E-state index contributed by atoms with van der Waals surface area (Å²) < 4.78 is 6.35. The van der Waals surface area contributed by atoms with Crippen molar-refractivity contribution in [3.05, 3.63) is 88.6 Å². The number of rotatable bonds is 2. The van der Waals surface area contributed by atoms with Gasteiger partial charge < -0.3 is 4.74 Å². The van der Waals surface area contributed by atoms with Crippen LogP contribution in [0.3, 0.4) is 0 Å². The van der Waals surface area contributed by atoms with Gasteiger partial charge in [-0.3, -0.25) is 0 Å². The third kappa shape index (κ3) is 2.87. The van der Waals surface area contributed by atoms with Gasteiger partial charge in [0, 0.05) is 5.57 Å². The number of thioether (sulfide) groups is 1. The van der Waals surface area contributed by atoms with Crippen molar-refractivity contribution in [3.63, 3.8) is 0 Å². The van der Waals surface area contributed by atoms with Gasteiger partial charge in [0.25, 0.3) is 0 Å². The van der Waals surface area contributed by atoms with Crippen LogP contribution in [-0.4, -0.2) is 21.9 Å². The second-order valence-electron chi connectivity index (χ2n) is 8.20. The number of hydrogen-bond acceptors (Lipinski definition) is 5. The first kappa shape index (κ1) is 18.8. The van der Waals surface area contributed by atoms with Crippen molar-refractivity contribution in [1.29, 1.82) is 0 Å². The molecule has 1 aliphatic heterocycles. The first-order valence-corrected chi connectivity index (χ1v) is 11.8. The monoisotopic (exact) mass is 440 g/mol. The largest absolute Gasteiger partial charge is 0.497 e. The van der Waals surface area contributed by atoms with E-state index in [9.17, 15) is 0 Å². The fourth-order valence-corrected chi connectivity index (χ4v) is 6.52. The van der Waals surface area contributed by atoms with Crippen molar-refractivity contribution >= 4 is 43.9 Å². The van der Waals surface area contributed by atoms with Gasteiger partial charge in [-0.05, 0) is 54.3 Å². The third-order valence-corrected chi connectivity index (χ3v) is 8.17. The van der Waals surface area contributed by atoms with Crippen LogP contribution in [0.1, 0.15) is 30.0 Å². The maximum atomic E-state index is 5.38. The Balaban J connectivity index is 1.55. The van der Waals surface area contributed by atoms with Crippen LogP contribution in [-0.2, 0) is 0 Å². The minimum absolute atomic E-state index is 0.148. The molecule has 152 valence electrons. The van der Waals surface area contributed by atoms with Gasteiger partial charge >= 0.3 is 0 Å². The Morgan fingerprint density at radius 1 is 0.839 bits per heavy atom. The third-order valence-electron chi connectivity index (χ3n) is 5.83. The van der Waals surface area contributed by atoms with E-state index in [1.165, 1.54) is 27.8 Å². The Morgan fingerprint density at radius 3 is 2.13 bits per heavy atom. The summed E-state index contributed by atoms with van der Waals surface area (Å²) in [5.74, 6) is 0.853. The average molecular weight is 441 g/mol. The molecule has 0 bridgehead atoms. The van der Waals surface area contributed by atoms with Gasteiger partial charge in [0.1, 0.15) is 15.8 Å². The van der Waals surface area contributed by atoms with Crippen molar-refractivity contribution in [2.75, 3.05) is 7.11 Å². The zero-order chi connectivity index (χ0) is 21.2. The lowest BCUT2D eigenvalue weighted by Crippen LogP contribution is -2.15. The fraction of sp³-hybridized carbons (Fsp3) is 0.154. The van der Waals surface area contributed by atoms with Crippen LogP contribution in [0.2, 0.25) is 0 Å². The molecule has 5 heteroatoms. The molecule has 0 atom stereocenters. The molecular formula is C26H20N2OS2. The van der Waals surface area contributed by atoms with E-state index in [1.807, 2.05) is 18.2 Å². The summed E-state index contributed by atoms with van der Waals surface area (Å²) in [4.78, 5) is 10.1. The highest BCUT2D eigenvalue weighted by atomic mass is 32.2. The number of methoxy groups -OCH3 is 1. The highest BCUT2D eigenvalue weighted by Crippen LogP contribution is 2.52. The smallest absolute Gasteiger partial charge is 0.149 e. The van der Waals surface area contributed by atoms with E-state index in [0.717, 1.165) is 31.7 Å². The standard InChI is InChI=1S/C26H20N2OS2/c1-26(2)23(22-18-10-6-4-8-16(18)17-9-5-7-11-19(17)22)28-25(31-26)24-27-20-13-12-15(29-3)14-21(20)30-24/h4-14H,1-3H3. The number of aromatic nitrogens is 1. The van der Waals surface area contributed by atoms with Gasteiger partial charge in [0.2, 0.25) is 0 Å². The fourth-order valence-electron chi connectivity index (χ4n) is 4.39. The molecule has 3 nitrogen and oxygen atoms in total. The Bertz CT molecular complexity index is 1380. The molecule has 0 saturated heterocycles. The van der Waals surface area contributed by atoms with Gasteiger partial charge in [-0.15, -0.1) is 11.3 Å². The van der Waals surface area contributed by atoms with Crippen LogP contribution < -0.4 is 4.74 Å². The van der Waals surface area contributed by atoms with E-state index in [2.05, 4.69) is 62.4 Å². The molecule has 0 fully saturated rings. The van der Waals surface area contributed by atoms with Crippen molar-refractivity contribution in [2.45, 2.75) is 18.6 Å². The van der Waals surface area contributed by atoms with E-state index in [1.54, 1.807) is 30.2 Å². The summed E-state index contributed by atoms with van der Waals surface area (Å²) in [6.07, 6.45) is 0. The van der Waals surface area contributed by atoms with Crippen molar-refractivity contribution in [2.24, 2.45) is 4.99 Å². The zero-order valence-corrected chi connectivity index (χ0v) is 19.1. The summed E-state index contributed by atoms with van der Waals surface area (Å²) in [7, 11) is 1.69. The Hall–Kier alpha value is -2.89. The molecule has 1 aliphatic carbocycles. The van der Waals surface area contributed by atoms with E-state index >= 15 is 0 Å². The lowest BCUT2D eigenvalue weighted by Gasteiger charge is -2.20. The first-order chi connectivity index (χ1) is 15.0. The average Bonchev–Trinajstić information content (AvgIpc) is 3.44. The van der Waals surface area contributed by atoms with Crippen LogP contribution in [0.5, 0.6) is 5.75 Å². The van der Waals surface area contributed by atoms with Crippen LogP contribution in [0.15, 0.2) is 77.4 Å². The van der Waals surface area contributed by atoms with E-state index < -0.39 is 0 Å². The molecule has 0 radical (unpaired) electrons. The number of nitrogens with zero attached hydrogens (tertiary/aromatic N) is 2. The number of thiazole rings is 1. The lowest BCUT2D eigenvalue weighted by molar-refractivity contribution is 0.415. The van der Waals surface area contributed by atoms with Crippen LogP contribution in [0.4, 0.5) is 0 Å². The van der Waals surface area contributed by atoms with Crippen molar-refractivity contribution < 1.29 is 4.74 Å². The summed E-state index contributed by atoms with van der Waals surface area (Å²) in [5, 5.41) is 1.96. The second-order valence-corrected chi connectivity index (χ2v) is 10.8. The first-order valence-electron chi connectivity index (χ1n) is 10.2. The summed E-state index contributed by atoms with van der Waals surface area (Å²) >= 11 is 3.47. The number of fused-ring (bicyclic) bond motifs is 4. The summed E-state index contributed by atoms with van der Waals surface area (Å²) in [5.41, 5.74) is 8.48. The van der Waals surface area contributed by atoms with Gasteiger partial charge in [-0.2, -0.15) is 0 Å². The molecular weight excluding hydrogens is 420 g/mol. The molecule has 4 aromatic rings. The quantitative estimate of drug-likeness (QED) is 0.296. The van der Waals surface area contributed by atoms with Gasteiger partial charge in [0.05, 0.1) is 27.8 Å². The topological polar surface area (TPSA) is 34.5 Å². The zero-order valence-electron chi connectivity index (χ0n) is 17.5. The van der Waals surface area contributed by atoms with E-state index in [0.29, 0.717) is 0 Å². The number of hydrogen-bond donors (Lipinski definition) is 0. The Morgan fingerprint density at radius 2 is 1.48 bits per heavy atom. The molecule has 1 aromatic heterocycles. The molecule has 3 aromatic carbocycles. The predicted molar refractivity (Wildman–Crippen MR) is 132 cm³/mol. The molecule has 31 heavy (non-hydrogen) atoms. The minimum Gasteiger partial charge on any atom is -0.497 e. The summed E-state index contributed by atoms with van der Waals surface area (Å²) in [6.45, 7) is 4.52. The molecule has 2 heterocycles. The molecule has 0 saturated carbocycles. The number of benzene rings is 3. The maximum absolute atomic E-state index is 5.38. The van der Waals surface area contributed by atoms with Crippen molar-refractivity contribution in [3.8, 4) is 16.9 Å². The van der Waals surface area contributed by atoms with Crippen LogP contribution in [0.25, 0.3) is 26.9 Å². The van der Waals surface area contributed by atoms with Crippen LogP contribution >= 0.6 is 23.1 Å². The summed E-state index contributed by atoms with van der Waals surface area (Å²) in [6, 6.07) is 23.3. The highest BCUT2D eigenvalue weighted by molar-refractivity contribution is 8.16. The molecule has 0 N–H and O–H groups in total. The van der Waals surface area contributed by atoms with Gasteiger partial charge in [-0.1, -0.05) is 60.3 Å². The highest BCUT2D eigenvalue weighted by Gasteiger charge is 2.39. The molecule has 0 spiro atoms. The van der Waals surface area contributed by atoms with E-state index in [-0.39, 0.29) is 4.75 Å². The molecule has 6 rings (SSSR count). The number of aliphatic imine (C=N–C) groups is 1. The van der Waals surface area contributed by atoms with Crippen molar-refractivity contribution in [1.82, 2.24) is 4.98 Å². The Labute approximate surface area is 189 Å². The van der Waals surface area contributed by atoms with Crippen LogP contribution in [0, 0.1) is 0 Å². The minimum atomic E-state index is -0.148. The van der Waals surface area contributed by atoms with E-state index in [4.69, 9.17) is 14.7 Å². The maximum Gasteiger partial charge on any atom is 0.149 e. The number of ether oxygens (including phenoxy) is 1. The predicted octanol–water partition coefficient (Wildman–Crippen LogP) is 7.02. The van der Waals surface area contributed by atoms with Gasteiger partial charge in [0.15, 0.2) is 0 Å². The molecule has 0 amide bonds. The normalized spacial score (nSPS) is 16.4. The SMILES string of the molecule is COc1ccc2nc(C3=NC(=C4c5ccccc5-c5ccccc54)C(C)(C)S3)sc2c1. The lowest BCUT2D eigenvalue weighted by atomic mass is 9.96. The second kappa shape index (κ2) is 6.81. The Kier molecular flexibility index (Phi) is 4.14. The molecule has 2 aliphatic rings.